The molecule has 8 nitrogen and oxygen atoms in total. The topological polar surface area (TPSA) is 100 Å². The van der Waals surface area contributed by atoms with Crippen molar-refractivity contribution in [2.75, 3.05) is 26.8 Å². The van der Waals surface area contributed by atoms with Crippen LogP contribution in [0.4, 0.5) is 8.78 Å². The minimum absolute atomic E-state index is 0.000288. The number of fused-ring (bicyclic) bond motifs is 5. The minimum atomic E-state index is -1.10. The molecule has 2 heterocycles. The Morgan fingerprint density at radius 3 is 2.64 bits per heavy atom. The second-order valence-corrected chi connectivity index (χ2v) is 12.1. The number of aliphatic hydroxyl groups excluding tert-OH is 1. The Balaban J connectivity index is 1.43. The summed E-state index contributed by atoms with van der Waals surface area (Å²) >= 11 is 0. The zero-order valence-corrected chi connectivity index (χ0v) is 25.4. The highest BCUT2D eigenvalue weighted by Gasteiger charge is 2.39. The van der Waals surface area contributed by atoms with Gasteiger partial charge in [-0.3, -0.25) is 9.59 Å². The van der Waals surface area contributed by atoms with Crippen molar-refractivity contribution in [2.45, 2.75) is 82.2 Å². The molecule has 2 aliphatic heterocycles. The molecule has 5 rings (SSSR count). The molecule has 0 radical (unpaired) electrons. The fourth-order valence-corrected chi connectivity index (χ4v) is 6.68. The second-order valence-electron chi connectivity index (χ2n) is 12.1. The van der Waals surface area contributed by atoms with Gasteiger partial charge in [-0.2, -0.15) is 0 Å². The molecule has 0 aromatic heterocycles. The number of nitrogens with zero attached hydrogens (tertiary/aromatic N) is 1. The average Bonchev–Trinajstić information content (AvgIpc) is 3.53. The zero-order valence-electron chi connectivity index (χ0n) is 25.4. The maximum Gasteiger partial charge on any atom is 0.243 e. The zero-order chi connectivity index (χ0) is 31.2. The van der Waals surface area contributed by atoms with Crippen LogP contribution in [0, 0.1) is 17.6 Å². The van der Waals surface area contributed by atoms with E-state index in [9.17, 15) is 23.5 Å². The van der Waals surface area contributed by atoms with Crippen molar-refractivity contribution in [1.82, 2.24) is 15.5 Å². The molecule has 6 atom stereocenters. The average molecular weight is 612 g/mol. The van der Waals surface area contributed by atoms with E-state index < -0.39 is 35.7 Å². The molecule has 2 aromatic rings. The van der Waals surface area contributed by atoms with Crippen molar-refractivity contribution in [2.24, 2.45) is 5.92 Å². The molecule has 2 amide bonds. The van der Waals surface area contributed by atoms with E-state index in [1.165, 1.54) is 12.1 Å². The molecule has 2 bridgehead atoms. The number of ether oxygens (including phenoxy) is 2. The van der Waals surface area contributed by atoms with E-state index in [1.54, 1.807) is 12.0 Å². The number of halogens is 2. The summed E-state index contributed by atoms with van der Waals surface area (Å²) in [6, 6.07) is 7.24. The van der Waals surface area contributed by atoms with E-state index in [-0.39, 0.29) is 43.4 Å². The normalized spacial score (nSPS) is 28.6. The summed E-state index contributed by atoms with van der Waals surface area (Å²) in [6.45, 7) is 3.00. The fraction of sp³-hybridized carbons (Fsp3) is 0.529. The molecule has 1 fully saturated rings. The summed E-state index contributed by atoms with van der Waals surface area (Å²) in [6.07, 6.45) is 6.79. The Morgan fingerprint density at radius 2 is 1.89 bits per heavy atom. The van der Waals surface area contributed by atoms with Gasteiger partial charge < -0.3 is 30.1 Å². The number of amides is 2. The third-order valence-corrected chi connectivity index (χ3v) is 9.06. The van der Waals surface area contributed by atoms with Crippen LogP contribution in [0.2, 0.25) is 0 Å². The summed E-state index contributed by atoms with van der Waals surface area (Å²) in [7, 11) is 1.61. The van der Waals surface area contributed by atoms with Crippen molar-refractivity contribution >= 4 is 11.8 Å². The van der Waals surface area contributed by atoms with E-state index in [0.29, 0.717) is 37.3 Å². The number of methoxy groups -OCH3 is 1. The van der Waals surface area contributed by atoms with Crippen molar-refractivity contribution in [3.63, 3.8) is 0 Å². The first-order valence-corrected chi connectivity index (χ1v) is 15.7. The molecular formula is C34H43F2N3O5. The number of aliphatic hydroxyl groups is 1. The molecule has 0 saturated carbocycles. The van der Waals surface area contributed by atoms with Gasteiger partial charge in [-0.15, -0.1) is 0 Å². The number of likely N-dealkylation sites (tertiary alicyclic amines) is 1. The molecule has 10 heteroatoms. The molecule has 3 aliphatic rings. The first kappa shape index (κ1) is 32.1. The van der Waals surface area contributed by atoms with Gasteiger partial charge in [0.25, 0.3) is 0 Å². The standard InChI is InChI=1S/C34H43F2N3O5/c1-3-4-7-22-11-12-39(34(22)42)30-8-5-6-13-44-32-19-28(27-18-25(43-2)9-10-26(27)32)37-20-31(40)29(38-33(30)41)16-21-14-23(35)17-24(36)15-21/h5-6,9-10,14-15,17-18,22,28-32,37,40H,3-4,7-8,11-13,16,19-20H2,1-2H3,(H,38,41)/b6-5+/t22-,28-,29-,30-,31+,32+/m0/s1. The highest BCUT2D eigenvalue weighted by molar-refractivity contribution is 5.90. The van der Waals surface area contributed by atoms with E-state index in [1.807, 2.05) is 30.4 Å². The first-order chi connectivity index (χ1) is 21.3. The Kier molecular flexibility index (Phi) is 10.7. The smallest absolute Gasteiger partial charge is 0.243 e. The molecule has 1 saturated heterocycles. The van der Waals surface area contributed by atoms with E-state index in [2.05, 4.69) is 17.6 Å². The van der Waals surface area contributed by atoms with Gasteiger partial charge in [-0.05, 0) is 73.1 Å². The highest BCUT2D eigenvalue weighted by Crippen LogP contribution is 2.42. The number of carbonyl (C=O) groups is 2. The van der Waals surface area contributed by atoms with Gasteiger partial charge in [0.2, 0.25) is 11.8 Å². The van der Waals surface area contributed by atoms with Crippen LogP contribution >= 0.6 is 0 Å². The lowest BCUT2D eigenvalue weighted by molar-refractivity contribution is -0.140. The molecular weight excluding hydrogens is 568 g/mol. The second kappa shape index (κ2) is 14.6. The van der Waals surface area contributed by atoms with Crippen LogP contribution in [0.3, 0.4) is 0 Å². The van der Waals surface area contributed by atoms with E-state index in [4.69, 9.17) is 9.47 Å². The number of nitrogens with one attached hydrogen (secondary N) is 2. The van der Waals surface area contributed by atoms with Crippen molar-refractivity contribution < 1.29 is 33.0 Å². The predicted molar refractivity (Wildman–Crippen MR) is 162 cm³/mol. The number of hydrogen-bond donors (Lipinski definition) is 3. The van der Waals surface area contributed by atoms with Crippen LogP contribution in [-0.2, 0) is 20.7 Å². The van der Waals surface area contributed by atoms with Gasteiger partial charge in [0.05, 0.1) is 32.0 Å². The van der Waals surface area contributed by atoms with Crippen LogP contribution in [0.25, 0.3) is 0 Å². The Bertz CT molecular complexity index is 1330. The lowest BCUT2D eigenvalue weighted by atomic mass is 9.99. The van der Waals surface area contributed by atoms with Crippen molar-refractivity contribution in [3.05, 3.63) is 76.9 Å². The van der Waals surface area contributed by atoms with Gasteiger partial charge in [0, 0.05) is 31.1 Å². The summed E-state index contributed by atoms with van der Waals surface area (Å²) in [5.74, 6) is -1.31. The minimum Gasteiger partial charge on any atom is -0.497 e. The molecule has 3 N–H and O–H groups in total. The first-order valence-electron chi connectivity index (χ1n) is 15.7. The van der Waals surface area contributed by atoms with Crippen LogP contribution in [0.5, 0.6) is 5.75 Å². The SMILES string of the molecule is CCCC[C@H]1CCN([C@H]2C/C=C/CO[C@@H]3C[C@H](NC[C@@H](O)[C@H](Cc4cc(F)cc(F)c4)NC2=O)c2cc(OC)ccc23)C1=O. The number of carbonyl (C=O) groups excluding carboxylic acids is 2. The molecule has 238 valence electrons. The third kappa shape index (κ3) is 7.47. The highest BCUT2D eigenvalue weighted by atomic mass is 19.1. The van der Waals surface area contributed by atoms with Crippen LogP contribution in [-0.4, -0.2) is 66.8 Å². The number of benzene rings is 2. The molecule has 0 spiro atoms. The number of unbranched alkanes of at least 4 members (excludes halogenated alkanes) is 1. The monoisotopic (exact) mass is 611 g/mol. The number of rotatable bonds is 7. The Hall–Kier alpha value is -3.34. The third-order valence-electron chi connectivity index (χ3n) is 9.06. The van der Waals surface area contributed by atoms with Gasteiger partial charge in [0.1, 0.15) is 23.4 Å². The maximum absolute atomic E-state index is 14.1. The number of hydrogen-bond acceptors (Lipinski definition) is 6. The Morgan fingerprint density at radius 1 is 1.09 bits per heavy atom. The van der Waals surface area contributed by atoms with E-state index in [0.717, 1.165) is 36.5 Å². The predicted octanol–water partition coefficient (Wildman–Crippen LogP) is 4.52. The maximum atomic E-state index is 14.1. The molecule has 2 aromatic carbocycles. The lowest BCUT2D eigenvalue weighted by Crippen LogP contribution is -2.55. The van der Waals surface area contributed by atoms with E-state index >= 15 is 0 Å². The van der Waals surface area contributed by atoms with Gasteiger partial charge >= 0.3 is 0 Å². The molecule has 44 heavy (non-hydrogen) atoms. The molecule has 0 unspecified atom stereocenters. The van der Waals surface area contributed by atoms with Gasteiger partial charge in [0.15, 0.2) is 0 Å². The summed E-state index contributed by atoms with van der Waals surface area (Å²) in [5.41, 5.74) is 2.36. The molecule has 1 aliphatic carbocycles. The van der Waals surface area contributed by atoms with Crippen molar-refractivity contribution in [1.29, 1.82) is 0 Å². The summed E-state index contributed by atoms with van der Waals surface area (Å²) in [5, 5.41) is 17.8. The van der Waals surface area contributed by atoms with Gasteiger partial charge in [-0.1, -0.05) is 38.0 Å². The van der Waals surface area contributed by atoms with Crippen molar-refractivity contribution in [3.8, 4) is 5.75 Å². The van der Waals surface area contributed by atoms with Gasteiger partial charge in [-0.25, -0.2) is 8.78 Å². The van der Waals surface area contributed by atoms with Crippen LogP contribution in [0.15, 0.2) is 48.6 Å². The summed E-state index contributed by atoms with van der Waals surface area (Å²) in [4.78, 5) is 28.9. The quantitative estimate of drug-likeness (QED) is 0.399. The summed E-state index contributed by atoms with van der Waals surface area (Å²) < 4.78 is 39.9. The largest absolute Gasteiger partial charge is 0.497 e. The van der Waals surface area contributed by atoms with Crippen LogP contribution in [0.1, 0.15) is 74.3 Å². The fourth-order valence-electron chi connectivity index (χ4n) is 6.68. The Labute approximate surface area is 257 Å². The van der Waals surface area contributed by atoms with Crippen LogP contribution < -0.4 is 15.4 Å². The lowest BCUT2D eigenvalue weighted by Gasteiger charge is -2.31. The number of β-amino-alcohol motifs (C(OH)–C–C–N with tert-alkyl or cyclic N) is 1.